The zero-order chi connectivity index (χ0) is 59.2. The first-order chi connectivity index (χ1) is 39.8. The number of nitrogens with two attached hydrogens (primary N) is 4. The summed E-state index contributed by atoms with van der Waals surface area (Å²) in [4.78, 5) is 75.4. The summed E-state index contributed by atoms with van der Waals surface area (Å²) in [6.07, 6.45) is 16.0. The molecule has 5 heterocycles. The van der Waals surface area contributed by atoms with E-state index in [2.05, 4.69) is 90.3 Å². The molecular formula is C64H100N14O4. The number of carbonyl (C=O) groups is 4. The molecule has 0 saturated heterocycles. The van der Waals surface area contributed by atoms with Crippen LogP contribution in [0.5, 0.6) is 0 Å². The predicted molar refractivity (Wildman–Crippen MR) is 340 cm³/mol. The quantitative estimate of drug-likeness (QED) is 0.0243. The van der Waals surface area contributed by atoms with Crippen LogP contribution in [-0.4, -0.2) is 145 Å². The van der Waals surface area contributed by atoms with Gasteiger partial charge in [0, 0.05) is 98.1 Å². The van der Waals surface area contributed by atoms with Crippen molar-refractivity contribution in [3.63, 3.8) is 0 Å². The van der Waals surface area contributed by atoms with Gasteiger partial charge in [0.15, 0.2) is 0 Å². The van der Waals surface area contributed by atoms with E-state index in [-0.39, 0.29) is 36.5 Å². The van der Waals surface area contributed by atoms with Gasteiger partial charge < -0.3 is 64.0 Å². The third-order valence-electron chi connectivity index (χ3n) is 15.7. The molecular weight excluding hydrogens is 1030 g/mol. The van der Waals surface area contributed by atoms with E-state index < -0.39 is 0 Å². The van der Waals surface area contributed by atoms with E-state index in [9.17, 15) is 19.2 Å². The van der Waals surface area contributed by atoms with Crippen LogP contribution < -0.4 is 44.2 Å². The summed E-state index contributed by atoms with van der Waals surface area (Å²) in [6, 6.07) is 8.24. The van der Waals surface area contributed by atoms with Gasteiger partial charge in [0.05, 0.1) is 22.8 Å². The van der Waals surface area contributed by atoms with Crippen molar-refractivity contribution in [1.29, 1.82) is 0 Å². The van der Waals surface area contributed by atoms with Crippen LogP contribution in [0.15, 0.2) is 37.4 Å². The number of H-pyrrole nitrogens is 2. The molecule has 82 heavy (non-hydrogen) atoms. The lowest BCUT2D eigenvalue weighted by molar-refractivity contribution is -0.132. The normalized spacial score (nSPS) is 12.3. The molecule has 2 aliphatic heterocycles. The van der Waals surface area contributed by atoms with Gasteiger partial charge in [-0.1, -0.05) is 25.3 Å². The van der Waals surface area contributed by atoms with Gasteiger partial charge >= 0.3 is 0 Å². The van der Waals surface area contributed by atoms with E-state index in [1.165, 1.54) is 0 Å². The number of aromatic nitrogens is 4. The van der Waals surface area contributed by atoms with Gasteiger partial charge in [-0.15, -0.1) is 0 Å². The highest BCUT2D eigenvalue weighted by Crippen LogP contribution is 2.38. The molecule has 5 rings (SSSR count). The molecule has 0 spiro atoms. The fraction of sp³-hybridized carbons (Fsp3) is 0.562. The second kappa shape index (κ2) is 36.3. The Bertz CT molecular complexity index is 2830. The summed E-state index contributed by atoms with van der Waals surface area (Å²) in [5, 5.41) is 13.0. The smallest absolute Gasteiger partial charge is 0.222 e. The Morgan fingerprint density at radius 1 is 0.463 bits per heavy atom. The van der Waals surface area contributed by atoms with Crippen LogP contribution in [0, 0.1) is 13.8 Å². The summed E-state index contributed by atoms with van der Waals surface area (Å²) >= 11 is 0. The Morgan fingerprint density at radius 2 is 0.841 bits per heavy atom. The maximum absolute atomic E-state index is 13.6. The van der Waals surface area contributed by atoms with E-state index in [0.717, 1.165) is 161 Å². The number of aryl methyl sites for hydroxylation is 2. The van der Waals surface area contributed by atoms with Crippen molar-refractivity contribution in [2.75, 3.05) is 91.6 Å². The molecule has 0 aromatic carbocycles. The number of unbranched alkanes of at least 4 members (excludes halogenated alkanes) is 4. The Balaban J connectivity index is 1.30. The minimum atomic E-state index is -0.0734. The number of fused-ring (bicyclic) bond motifs is 8. The van der Waals surface area contributed by atoms with E-state index >= 15 is 0 Å². The van der Waals surface area contributed by atoms with Crippen molar-refractivity contribution in [3.05, 3.63) is 82.5 Å². The molecule has 0 unspecified atom stereocenters. The molecule has 3 aromatic heterocycles. The highest BCUT2D eigenvalue weighted by Gasteiger charge is 2.24. The van der Waals surface area contributed by atoms with Crippen molar-refractivity contribution in [2.45, 2.75) is 143 Å². The van der Waals surface area contributed by atoms with E-state index in [1.54, 1.807) is 0 Å². The van der Waals surface area contributed by atoms with Crippen molar-refractivity contribution in [2.24, 2.45) is 22.9 Å². The average Bonchev–Trinajstić information content (AvgIpc) is 4.31. The molecule has 0 radical (unpaired) electrons. The number of allylic oxidation sites excluding steroid dienone is 4. The van der Waals surface area contributed by atoms with Crippen LogP contribution in [0.25, 0.3) is 56.5 Å². The first-order valence-electron chi connectivity index (χ1n) is 30.5. The van der Waals surface area contributed by atoms with Gasteiger partial charge in [0.1, 0.15) is 0 Å². The molecule has 0 fully saturated rings. The number of hydrogen-bond donors (Lipinski definition) is 10. The monoisotopic (exact) mass is 1130 g/mol. The minimum absolute atomic E-state index is 0.0725. The Labute approximate surface area is 488 Å². The Hall–Kier alpha value is -6.28. The summed E-state index contributed by atoms with van der Waals surface area (Å²) in [7, 11) is 0. The molecule has 8 bridgehead atoms. The number of rotatable bonds is 40. The number of carbonyl (C=O) groups excluding carboxylic acids is 4. The van der Waals surface area contributed by atoms with Crippen molar-refractivity contribution >= 4 is 80.1 Å². The number of amides is 4. The predicted octanol–water partition coefficient (Wildman–Crippen LogP) is 8.00. The van der Waals surface area contributed by atoms with E-state index in [1.807, 2.05) is 28.0 Å². The molecule has 450 valence electrons. The van der Waals surface area contributed by atoms with Crippen LogP contribution in [0.4, 0.5) is 0 Å². The zero-order valence-electron chi connectivity index (χ0n) is 50.2. The third kappa shape index (κ3) is 20.6. The second-order valence-electron chi connectivity index (χ2n) is 21.8. The SMILES string of the molecule is C=Cc1c(C)c2cc3[nH]c(cc4nc(cc5nc(cc1[nH]2)C(C)=C5CCC(=O)NCCCCC(=O)N(CCCN)CCCCNCCCN)C(CCC(=O)NCCCCC(=O)N(CCCN)CCCCNCCCN)=C4C)c(C)c3C=C. The third-order valence-corrected chi connectivity index (χ3v) is 15.7. The second-order valence-corrected chi connectivity index (χ2v) is 21.8. The molecule has 18 heteroatoms. The number of nitrogens with one attached hydrogen (secondary N) is 6. The number of aromatic amines is 2. The van der Waals surface area contributed by atoms with Crippen LogP contribution in [0.1, 0.15) is 174 Å². The highest BCUT2D eigenvalue weighted by molar-refractivity contribution is 5.97. The Morgan fingerprint density at radius 3 is 1.27 bits per heavy atom. The number of nitrogens with zero attached hydrogens (tertiary/aromatic N) is 4. The molecule has 0 atom stereocenters. The average molecular weight is 1130 g/mol. The minimum Gasteiger partial charge on any atom is -0.356 e. The lowest BCUT2D eigenvalue weighted by Crippen LogP contribution is -2.34. The van der Waals surface area contributed by atoms with Crippen LogP contribution in [-0.2, 0) is 19.2 Å². The highest BCUT2D eigenvalue weighted by atomic mass is 16.2. The lowest BCUT2D eigenvalue weighted by Gasteiger charge is -2.22. The summed E-state index contributed by atoms with van der Waals surface area (Å²) < 4.78 is 0. The fourth-order valence-corrected chi connectivity index (χ4v) is 10.6. The Kier molecular flexibility index (Phi) is 29.5. The van der Waals surface area contributed by atoms with Gasteiger partial charge in [-0.3, -0.25) is 19.2 Å². The van der Waals surface area contributed by atoms with E-state index in [4.69, 9.17) is 32.9 Å². The van der Waals surface area contributed by atoms with Gasteiger partial charge in [-0.05, 0) is 228 Å². The van der Waals surface area contributed by atoms with Gasteiger partial charge in [-0.2, -0.15) is 0 Å². The zero-order valence-corrected chi connectivity index (χ0v) is 50.2. The molecule has 0 aliphatic carbocycles. The molecule has 2 aliphatic rings. The van der Waals surface area contributed by atoms with Crippen molar-refractivity contribution in [3.8, 4) is 0 Å². The lowest BCUT2D eigenvalue weighted by atomic mass is 9.98. The van der Waals surface area contributed by atoms with Crippen LogP contribution in [0.2, 0.25) is 0 Å². The van der Waals surface area contributed by atoms with Gasteiger partial charge in [0.25, 0.3) is 0 Å². The summed E-state index contributed by atoms with van der Waals surface area (Å²) in [5.74, 6) is 0.119. The first kappa shape index (κ1) is 66.5. The maximum Gasteiger partial charge on any atom is 0.222 e. The van der Waals surface area contributed by atoms with Crippen molar-refractivity contribution < 1.29 is 19.2 Å². The van der Waals surface area contributed by atoms with E-state index in [0.29, 0.717) is 123 Å². The number of hydrogen-bond acceptors (Lipinski definition) is 12. The molecule has 4 amide bonds. The van der Waals surface area contributed by atoms with Crippen molar-refractivity contribution in [1.82, 2.24) is 51.0 Å². The summed E-state index contributed by atoms with van der Waals surface area (Å²) in [6.45, 7) is 26.4. The standard InChI is InChI=1S/C64H100N14O4/c1-7-49-45(3)53-41-54-47(5)51(23-25-61(79)71-35-11-9-21-63(81)77(39-19-29-67)37-15-13-31-69-33-17-27-65)59(75-54)44-60-52(48(6)56(76-60)43-58-50(8-2)46(4)55(74-58)42-57(49)73-53)24-26-62(80)72-36-12-10-22-64(82)78(40-20-30-68)38-16-14-32-70-34-18-28-66/h7-8,41-44,69-70,73-74H,1-2,9-40,65-68H2,3-6H3,(H,71,79)(H,72,80). The summed E-state index contributed by atoms with van der Waals surface area (Å²) in [5.41, 5.74) is 37.2. The largest absolute Gasteiger partial charge is 0.356 e. The fourth-order valence-electron chi connectivity index (χ4n) is 10.6. The topological polar surface area (TPSA) is 284 Å². The molecule has 3 aromatic rings. The van der Waals surface area contributed by atoms with Crippen LogP contribution in [0.3, 0.4) is 0 Å². The van der Waals surface area contributed by atoms with Gasteiger partial charge in [0.2, 0.25) is 23.6 Å². The molecule has 18 nitrogen and oxygen atoms in total. The molecule has 0 saturated carbocycles. The first-order valence-corrected chi connectivity index (χ1v) is 30.5. The van der Waals surface area contributed by atoms with Crippen LogP contribution >= 0.6 is 0 Å². The molecule has 14 N–H and O–H groups in total. The van der Waals surface area contributed by atoms with Gasteiger partial charge in [-0.25, -0.2) is 9.97 Å². The maximum atomic E-state index is 13.6.